The smallest absolute Gasteiger partial charge is 0.361 e. The highest BCUT2D eigenvalue weighted by Gasteiger charge is 2.30. The number of carbonyl (C=O) groups is 1. The fourth-order valence-corrected chi connectivity index (χ4v) is 3.68. The van der Waals surface area contributed by atoms with Crippen molar-refractivity contribution in [1.29, 1.82) is 0 Å². The predicted molar refractivity (Wildman–Crippen MR) is 109 cm³/mol. The monoisotopic (exact) mass is 356 g/mol. The van der Waals surface area contributed by atoms with Crippen LogP contribution >= 0.6 is 0 Å². The van der Waals surface area contributed by atoms with Crippen LogP contribution in [0.2, 0.25) is 0 Å². The molecule has 0 aliphatic rings. The van der Waals surface area contributed by atoms with Gasteiger partial charge in [0.1, 0.15) is 0 Å². The van der Waals surface area contributed by atoms with E-state index in [0.717, 1.165) is 24.1 Å². The van der Waals surface area contributed by atoms with Gasteiger partial charge < -0.3 is 9.22 Å². The molecule has 0 fully saturated rings. The number of esters is 1. The van der Waals surface area contributed by atoms with Crippen molar-refractivity contribution in [3.8, 4) is 0 Å². The van der Waals surface area contributed by atoms with Gasteiger partial charge in [-0.25, -0.2) is 4.79 Å². The van der Waals surface area contributed by atoms with Crippen LogP contribution in [-0.4, -0.2) is 43.2 Å². The zero-order chi connectivity index (χ0) is 18.8. The van der Waals surface area contributed by atoms with Crippen molar-refractivity contribution in [2.24, 2.45) is 0 Å². The van der Waals surface area contributed by atoms with Gasteiger partial charge >= 0.3 is 5.97 Å². The highest BCUT2D eigenvalue weighted by molar-refractivity contribution is 5.70. The molecule has 0 spiro atoms. The number of rotatable bonds is 18. The highest BCUT2D eigenvalue weighted by atomic mass is 16.5. The summed E-state index contributed by atoms with van der Waals surface area (Å²) < 4.78 is 6.29. The molecule has 25 heavy (non-hydrogen) atoms. The zero-order valence-corrected chi connectivity index (χ0v) is 17.8. The minimum atomic E-state index is 0.00368. The fraction of sp³-hybridized carbons (Fsp3) is 0.955. The second-order valence-corrected chi connectivity index (χ2v) is 7.66. The standard InChI is InChI=1S/C22H46NO2/c1-5-9-12-15-18-23(19-16-13-10-6-2,20-17-14-11-7-3)21-22(24)25-8-4/h5-21H2,1-4H3/q+1. The zero-order valence-electron chi connectivity index (χ0n) is 17.8. The SMILES string of the molecule is CCCCCC[N+](CCCCCC)(CCCCCC)CC(=O)OCC. The number of carbonyl (C=O) groups excluding carboxylic acids is 1. The predicted octanol–water partition coefficient (Wildman–Crippen LogP) is 6.11. The molecule has 3 heteroatoms. The Morgan fingerprint density at radius 1 is 0.640 bits per heavy atom. The Bertz CT molecular complexity index is 273. The van der Waals surface area contributed by atoms with Crippen LogP contribution in [0.4, 0.5) is 0 Å². The molecule has 0 N–H and O–H groups in total. The van der Waals surface area contributed by atoms with E-state index >= 15 is 0 Å². The summed E-state index contributed by atoms with van der Waals surface area (Å²) in [5.74, 6) is 0.00368. The van der Waals surface area contributed by atoms with E-state index in [-0.39, 0.29) is 5.97 Å². The molecule has 0 saturated heterocycles. The fourth-order valence-electron chi connectivity index (χ4n) is 3.68. The van der Waals surface area contributed by atoms with Gasteiger partial charge in [0.2, 0.25) is 0 Å². The summed E-state index contributed by atoms with van der Waals surface area (Å²) in [6, 6.07) is 0. The highest BCUT2D eigenvalue weighted by Crippen LogP contribution is 2.18. The third-order valence-corrected chi connectivity index (χ3v) is 5.23. The lowest BCUT2D eigenvalue weighted by Gasteiger charge is -2.38. The van der Waals surface area contributed by atoms with Crippen molar-refractivity contribution in [1.82, 2.24) is 0 Å². The molecule has 0 aromatic heterocycles. The number of hydrogen-bond donors (Lipinski definition) is 0. The number of unbranched alkanes of at least 4 members (excludes halogenated alkanes) is 9. The molecule has 0 radical (unpaired) electrons. The van der Waals surface area contributed by atoms with Crippen LogP contribution in [0.15, 0.2) is 0 Å². The molecular weight excluding hydrogens is 310 g/mol. The van der Waals surface area contributed by atoms with Crippen LogP contribution in [0.3, 0.4) is 0 Å². The summed E-state index contributed by atoms with van der Waals surface area (Å²) in [5, 5.41) is 0. The minimum Gasteiger partial charge on any atom is -0.462 e. The molecule has 150 valence electrons. The second kappa shape index (κ2) is 16.9. The Labute approximate surface area is 158 Å². The third-order valence-electron chi connectivity index (χ3n) is 5.23. The van der Waals surface area contributed by atoms with Crippen molar-refractivity contribution in [3.63, 3.8) is 0 Å². The van der Waals surface area contributed by atoms with Crippen molar-refractivity contribution in [3.05, 3.63) is 0 Å². The van der Waals surface area contributed by atoms with Crippen molar-refractivity contribution < 1.29 is 14.0 Å². The maximum Gasteiger partial charge on any atom is 0.361 e. The van der Waals surface area contributed by atoms with E-state index < -0.39 is 0 Å². The first-order valence-corrected chi connectivity index (χ1v) is 11.1. The Hall–Kier alpha value is -0.570. The number of hydrogen-bond acceptors (Lipinski definition) is 2. The largest absolute Gasteiger partial charge is 0.462 e. The summed E-state index contributed by atoms with van der Waals surface area (Å²) in [6.07, 6.45) is 15.4. The first-order valence-electron chi connectivity index (χ1n) is 11.1. The van der Waals surface area contributed by atoms with Gasteiger partial charge in [0.15, 0.2) is 6.54 Å². The molecule has 0 bridgehead atoms. The second-order valence-electron chi connectivity index (χ2n) is 7.66. The van der Waals surface area contributed by atoms with Crippen LogP contribution < -0.4 is 0 Å². The molecule has 3 nitrogen and oxygen atoms in total. The summed E-state index contributed by atoms with van der Waals surface area (Å²) >= 11 is 0. The van der Waals surface area contributed by atoms with Gasteiger partial charge in [-0.3, -0.25) is 0 Å². The third kappa shape index (κ3) is 13.3. The Balaban J connectivity index is 4.82. The van der Waals surface area contributed by atoms with Gasteiger partial charge in [-0.2, -0.15) is 0 Å². The van der Waals surface area contributed by atoms with Gasteiger partial charge in [-0.15, -0.1) is 0 Å². The average Bonchev–Trinajstić information content (AvgIpc) is 2.60. The van der Waals surface area contributed by atoms with Crippen molar-refractivity contribution in [2.45, 2.75) is 105 Å². The van der Waals surface area contributed by atoms with Crippen LogP contribution in [0, 0.1) is 0 Å². The van der Waals surface area contributed by atoms with E-state index in [1.54, 1.807) is 0 Å². The van der Waals surface area contributed by atoms with Gasteiger partial charge in [0.25, 0.3) is 0 Å². The number of ether oxygens (including phenoxy) is 1. The molecular formula is C22H46NO2+. The molecule has 0 heterocycles. The first kappa shape index (κ1) is 24.4. The van der Waals surface area contributed by atoms with E-state index in [1.807, 2.05) is 6.92 Å². The van der Waals surface area contributed by atoms with Gasteiger partial charge in [-0.1, -0.05) is 59.3 Å². The number of nitrogens with zero attached hydrogens (tertiary/aromatic N) is 1. The molecule has 0 aromatic carbocycles. The lowest BCUT2D eigenvalue weighted by Crippen LogP contribution is -2.53. The maximum atomic E-state index is 12.3. The van der Waals surface area contributed by atoms with Crippen LogP contribution in [0.5, 0.6) is 0 Å². The molecule has 0 aliphatic heterocycles. The first-order chi connectivity index (χ1) is 12.1. The summed E-state index contributed by atoms with van der Waals surface area (Å²) in [4.78, 5) is 12.3. The van der Waals surface area contributed by atoms with E-state index in [1.165, 1.54) is 77.0 Å². The van der Waals surface area contributed by atoms with Crippen LogP contribution in [0.1, 0.15) is 105 Å². The lowest BCUT2D eigenvalue weighted by molar-refractivity contribution is -0.922. The Kier molecular flexibility index (Phi) is 16.5. The van der Waals surface area contributed by atoms with E-state index in [4.69, 9.17) is 4.74 Å². The topological polar surface area (TPSA) is 26.3 Å². The molecule has 0 aliphatic carbocycles. The normalized spacial score (nSPS) is 11.7. The van der Waals surface area contributed by atoms with Crippen LogP contribution in [-0.2, 0) is 9.53 Å². The molecule has 0 amide bonds. The molecule has 0 atom stereocenters. The molecule has 0 unspecified atom stereocenters. The van der Waals surface area contributed by atoms with Gasteiger partial charge in [0, 0.05) is 0 Å². The molecule has 0 aromatic rings. The number of quaternary nitrogens is 1. The van der Waals surface area contributed by atoms with Gasteiger partial charge in [0.05, 0.1) is 26.2 Å². The summed E-state index contributed by atoms with van der Waals surface area (Å²) in [5.41, 5.74) is 0. The van der Waals surface area contributed by atoms with E-state index in [9.17, 15) is 4.79 Å². The van der Waals surface area contributed by atoms with Crippen LogP contribution in [0.25, 0.3) is 0 Å². The van der Waals surface area contributed by atoms with E-state index in [2.05, 4.69) is 20.8 Å². The Morgan fingerprint density at radius 3 is 1.36 bits per heavy atom. The summed E-state index contributed by atoms with van der Waals surface area (Å²) in [6.45, 7) is 13.2. The van der Waals surface area contributed by atoms with Gasteiger partial charge in [-0.05, 0) is 45.4 Å². The van der Waals surface area contributed by atoms with Crippen molar-refractivity contribution >= 4 is 5.97 Å². The van der Waals surface area contributed by atoms with Crippen molar-refractivity contribution in [2.75, 3.05) is 32.8 Å². The van der Waals surface area contributed by atoms with E-state index in [0.29, 0.717) is 13.2 Å². The summed E-state index contributed by atoms with van der Waals surface area (Å²) in [7, 11) is 0. The average molecular weight is 357 g/mol. The molecule has 0 rings (SSSR count). The Morgan fingerprint density at radius 2 is 1.04 bits per heavy atom. The maximum absolute atomic E-state index is 12.3. The minimum absolute atomic E-state index is 0.00368. The quantitative estimate of drug-likeness (QED) is 0.168. The molecule has 0 saturated carbocycles. The lowest BCUT2D eigenvalue weighted by atomic mass is 10.1.